The highest BCUT2D eigenvalue weighted by atomic mass is 35.5. The minimum Gasteiger partial charge on any atom is -0.481 e. The Labute approximate surface area is 99.7 Å². The van der Waals surface area contributed by atoms with Gasteiger partial charge in [-0.15, -0.1) is 0 Å². The summed E-state index contributed by atoms with van der Waals surface area (Å²) in [5, 5.41) is 9.58. The number of carboxylic acids is 1. The van der Waals surface area contributed by atoms with Crippen molar-refractivity contribution < 1.29 is 9.90 Å². The predicted octanol–water partition coefficient (Wildman–Crippen LogP) is 2.56. The van der Waals surface area contributed by atoms with Crippen molar-refractivity contribution in [2.24, 2.45) is 5.41 Å². The molecule has 1 N–H and O–H groups in total. The third kappa shape index (κ3) is 2.70. The van der Waals surface area contributed by atoms with E-state index in [1.807, 2.05) is 13.8 Å². The molecule has 0 saturated heterocycles. The molecule has 0 atom stereocenters. The number of hydrogen-bond acceptors (Lipinski definition) is 3. The molecule has 1 aromatic rings. The Bertz CT molecular complexity index is 361. The fourth-order valence-electron chi connectivity index (χ4n) is 1.66. The minimum atomic E-state index is -0.783. The number of carbonyl (C=O) groups is 1. The molecular weight excluding hydrogens is 228 g/mol. The van der Waals surface area contributed by atoms with Crippen molar-refractivity contribution in [1.82, 2.24) is 9.97 Å². The maximum absolute atomic E-state index is 11.3. The molecule has 0 bridgehead atoms. The van der Waals surface area contributed by atoms with E-state index < -0.39 is 11.4 Å². The Morgan fingerprint density at radius 3 is 2.38 bits per heavy atom. The Balaban J connectivity index is 2.91. The summed E-state index contributed by atoms with van der Waals surface area (Å²) in [6.45, 7) is 3.75. The Hall–Kier alpha value is -1.16. The van der Waals surface area contributed by atoms with E-state index in [0.29, 0.717) is 30.1 Å². The van der Waals surface area contributed by atoms with Gasteiger partial charge in [0.1, 0.15) is 5.15 Å². The van der Waals surface area contributed by atoms with Crippen LogP contribution in [0.25, 0.3) is 0 Å². The average Bonchev–Trinajstić information content (AvgIpc) is 2.28. The van der Waals surface area contributed by atoms with Gasteiger partial charge in [0.15, 0.2) is 0 Å². The van der Waals surface area contributed by atoms with Gasteiger partial charge in [-0.1, -0.05) is 25.4 Å². The summed E-state index contributed by atoms with van der Waals surface area (Å²) >= 11 is 5.62. The summed E-state index contributed by atoms with van der Waals surface area (Å²) < 4.78 is 0. The number of carboxylic acid groups (broad SMARTS) is 1. The summed E-state index contributed by atoms with van der Waals surface area (Å²) in [6.07, 6.45) is 4.51. The first kappa shape index (κ1) is 12.9. The van der Waals surface area contributed by atoms with E-state index in [9.17, 15) is 9.90 Å². The molecule has 0 aromatic carbocycles. The standard InChI is InChI=1S/C11H15ClN2O2/c1-3-11(4-2,10(15)16)5-8-6-14-9(12)7-13-8/h6-7H,3-5H2,1-2H3,(H,15,16). The lowest BCUT2D eigenvalue weighted by Gasteiger charge is -2.25. The lowest BCUT2D eigenvalue weighted by Crippen LogP contribution is -2.32. The van der Waals surface area contributed by atoms with Crippen molar-refractivity contribution in [1.29, 1.82) is 0 Å². The molecule has 0 fully saturated rings. The molecule has 1 rings (SSSR count). The van der Waals surface area contributed by atoms with Gasteiger partial charge in [0.25, 0.3) is 0 Å². The van der Waals surface area contributed by atoms with E-state index in [4.69, 9.17) is 11.6 Å². The molecule has 0 aliphatic heterocycles. The van der Waals surface area contributed by atoms with E-state index in [1.54, 1.807) is 0 Å². The Morgan fingerprint density at radius 1 is 1.38 bits per heavy atom. The topological polar surface area (TPSA) is 63.1 Å². The highest BCUT2D eigenvalue weighted by Crippen LogP contribution is 2.30. The van der Waals surface area contributed by atoms with Crippen LogP contribution in [0.1, 0.15) is 32.4 Å². The van der Waals surface area contributed by atoms with Crippen LogP contribution in [0, 0.1) is 5.41 Å². The molecule has 0 radical (unpaired) electrons. The molecule has 16 heavy (non-hydrogen) atoms. The zero-order valence-corrected chi connectivity index (χ0v) is 10.2. The van der Waals surface area contributed by atoms with Crippen molar-refractivity contribution in [2.75, 3.05) is 0 Å². The summed E-state index contributed by atoms with van der Waals surface area (Å²) in [5.41, 5.74) is -0.0850. The van der Waals surface area contributed by atoms with Crippen molar-refractivity contribution in [3.63, 3.8) is 0 Å². The maximum Gasteiger partial charge on any atom is 0.310 e. The summed E-state index contributed by atoms with van der Waals surface area (Å²) in [7, 11) is 0. The second kappa shape index (κ2) is 5.25. The van der Waals surface area contributed by atoms with Gasteiger partial charge in [0, 0.05) is 6.42 Å². The molecule has 5 heteroatoms. The van der Waals surface area contributed by atoms with Crippen molar-refractivity contribution in [3.05, 3.63) is 23.2 Å². The van der Waals surface area contributed by atoms with Gasteiger partial charge in [0.05, 0.1) is 23.5 Å². The first-order valence-electron chi connectivity index (χ1n) is 5.24. The molecular formula is C11H15ClN2O2. The van der Waals surface area contributed by atoms with E-state index in [0.717, 1.165) is 0 Å². The van der Waals surface area contributed by atoms with Gasteiger partial charge in [0.2, 0.25) is 0 Å². The van der Waals surface area contributed by atoms with Crippen molar-refractivity contribution in [2.45, 2.75) is 33.1 Å². The maximum atomic E-state index is 11.3. The molecule has 1 heterocycles. The van der Waals surface area contributed by atoms with Gasteiger partial charge in [-0.05, 0) is 12.8 Å². The lowest BCUT2D eigenvalue weighted by molar-refractivity contribution is -0.149. The van der Waals surface area contributed by atoms with Crippen LogP contribution in [0.4, 0.5) is 0 Å². The molecule has 88 valence electrons. The quantitative estimate of drug-likeness (QED) is 0.862. The smallest absolute Gasteiger partial charge is 0.310 e. The number of aromatic nitrogens is 2. The first-order chi connectivity index (χ1) is 7.54. The normalized spacial score (nSPS) is 11.4. The van der Waals surface area contributed by atoms with Crippen LogP contribution in [-0.4, -0.2) is 21.0 Å². The average molecular weight is 243 g/mol. The zero-order valence-electron chi connectivity index (χ0n) is 9.40. The number of aliphatic carboxylic acids is 1. The first-order valence-corrected chi connectivity index (χ1v) is 5.61. The highest BCUT2D eigenvalue weighted by Gasteiger charge is 2.35. The van der Waals surface area contributed by atoms with Gasteiger partial charge >= 0.3 is 5.97 Å². The van der Waals surface area contributed by atoms with Gasteiger partial charge < -0.3 is 5.11 Å². The minimum absolute atomic E-state index is 0.317. The molecule has 4 nitrogen and oxygen atoms in total. The highest BCUT2D eigenvalue weighted by molar-refractivity contribution is 6.29. The van der Waals surface area contributed by atoms with Crippen LogP contribution < -0.4 is 0 Å². The third-order valence-corrected chi connectivity index (χ3v) is 3.20. The number of halogens is 1. The molecule has 0 spiro atoms. The molecule has 0 saturated carbocycles. The molecule has 0 aliphatic carbocycles. The summed E-state index contributed by atoms with van der Waals surface area (Å²) in [6, 6.07) is 0. The fraction of sp³-hybridized carbons (Fsp3) is 0.545. The van der Waals surface area contributed by atoms with Crippen molar-refractivity contribution >= 4 is 17.6 Å². The second-order valence-electron chi connectivity index (χ2n) is 3.80. The number of hydrogen-bond donors (Lipinski definition) is 1. The number of rotatable bonds is 5. The monoisotopic (exact) mass is 242 g/mol. The third-order valence-electron chi connectivity index (χ3n) is 3.00. The lowest BCUT2D eigenvalue weighted by atomic mass is 9.78. The van der Waals surface area contributed by atoms with Crippen LogP contribution in [0.3, 0.4) is 0 Å². The van der Waals surface area contributed by atoms with Gasteiger partial charge in [-0.3, -0.25) is 9.78 Å². The second-order valence-corrected chi connectivity index (χ2v) is 4.19. The van der Waals surface area contributed by atoms with Crippen molar-refractivity contribution in [3.8, 4) is 0 Å². The van der Waals surface area contributed by atoms with E-state index >= 15 is 0 Å². The fourth-order valence-corrected chi connectivity index (χ4v) is 1.75. The van der Waals surface area contributed by atoms with E-state index in [-0.39, 0.29) is 0 Å². The van der Waals surface area contributed by atoms with Crippen LogP contribution in [0.2, 0.25) is 5.15 Å². The Morgan fingerprint density at radius 2 is 2.00 bits per heavy atom. The Kier molecular flexibility index (Phi) is 4.24. The molecule has 0 unspecified atom stereocenters. The predicted molar refractivity (Wildman–Crippen MR) is 61.4 cm³/mol. The van der Waals surface area contributed by atoms with Crippen LogP contribution in [-0.2, 0) is 11.2 Å². The van der Waals surface area contributed by atoms with Crippen LogP contribution in [0.5, 0.6) is 0 Å². The van der Waals surface area contributed by atoms with Crippen LogP contribution >= 0.6 is 11.6 Å². The largest absolute Gasteiger partial charge is 0.481 e. The van der Waals surface area contributed by atoms with Gasteiger partial charge in [-0.2, -0.15) is 0 Å². The zero-order chi connectivity index (χ0) is 12.2. The number of nitrogens with zero attached hydrogens (tertiary/aromatic N) is 2. The SMILES string of the molecule is CCC(CC)(Cc1cnc(Cl)cn1)C(=O)O. The van der Waals surface area contributed by atoms with E-state index in [2.05, 4.69) is 9.97 Å². The van der Waals surface area contributed by atoms with Crippen LogP contribution in [0.15, 0.2) is 12.4 Å². The molecule has 1 aromatic heterocycles. The van der Waals surface area contributed by atoms with E-state index in [1.165, 1.54) is 12.4 Å². The summed E-state index contributed by atoms with van der Waals surface area (Å²) in [5.74, 6) is -0.783. The molecule has 0 aliphatic rings. The summed E-state index contributed by atoms with van der Waals surface area (Å²) in [4.78, 5) is 19.3. The van der Waals surface area contributed by atoms with Gasteiger partial charge in [-0.25, -0.2) is 4.98 Å². The molecule has 0 amide bonds.